The largest absolute Gasteiger partial charge is 0.308 e. The molecule has 0 fully saturated rings. The van der Waals surface area contributed by atoms with Crippen LogP contribution in [-0.2, 0) is 0 Å². The molecule has 0 aliphatic heterocycles. The first kappa shape index (κ1) is 12.6. The highest BCUT2D eigenvalue weighted by Crippen LogP contribution is 2.16. The number of hydrogen-bond acceptors (Lipinski definition) is 4. The molecular weight excluding hydrogens is 233 g/mol. The zero-order chi connectivity index (χ0) is 13.1. The Morgan fingerprint density at radius 2 is 2.17 bits per heavy atom. The molecule has 0 aliphatic carbocycles. The molecule has 0 radical (unpaired) electrons. The van der Waals surface area contributed by atoms with Crippen molar-refractivity contribution in [2.45, 2.75) is 26.8 Å². The van der Waals surface area contributed by atoms with Crippen LogP contribution in [0.1, 0.15) is 31.3 Å². The molecule has 1 aromatic heterocycles. The summed E-state index contributed by atoms with van der Waals surface area (Å²) in [5, 5.41) is 14.8. The molecule has 0 amide bonds. The van der Waals surface area contributed by atoms with E-state index in [4.69, 9.17) is 0 Å². The van der Waals surface area contributed by atoms with Crippen LogP contribution in [0.15, 0.2) is 18.2 Å². The fraction of sp³-hybridized carbons (Fsp3) is 0.417. The molecule has 1 heterocycles. The quantitative estimate of drug-likeness (QED) is 0.897. The summed E-state index contributed by atoms with van der Waals surface area (Å²) in [6.45, 7) is 6.63. The predicted octanol–water partition coefficient (Wildman–Crippen LogP) is 1.78. The molecule has 1 aromatic carbocycles. The van der Waals surface area contributed by atoms with Crippen molar-refractivity contribution in [2.24, 2.45) is 0 Å². The molecule has 6 heteroatoms. The van der Waals surface area contributed by atoms with Gasteiger partial charge < -0.3 is 5.32 Å². The summed E-state index contributed by atoms with van der Waals surface area (Å²) >= 11 is 0. The Hall–Kier alpha value is -1.82. The van der Waals surface area contributed by atoms with Crippen molar-refractivity contribution in [3.8, 4) is 5.69 Å². The summed E-state index contributed by atoms with van der Waals surface area (Å²) < 4.78 is 15.0. The Bertz CT molecular complexity index is 517. The monoisotopic (exact) mass is 249 g/mol. The summed E-state index contributed by atoms with van der Waals surface area (Å²) in [6, 6.07) is 4.75. The van der Waals surface area contributed by atoms with Crippen molar-refractivity contribution in [3.63, 3.8) is 0 Å². The number of benzene rings is 1. The minimum atomic E-state index is -0.289. The minimum Gasteiger partial charge on any atom is -0.308 e. The van der Waals surface area contributed by atoms with Crippen molar-refractivity contribution >= 4 is 0 Å². The number of rotatable bonds is 4. The second-order valence-corrected chi connectivity index (χ2v) is 4.22. The number of nitrogens with zero attached hydrogens (tertiary/aromatic N) is 4. The summed E-state index contributed by atoms with van der Waals surface area (Å²) in [6.07, 6.45) is 0. The average molecular weight is 249 g/mol. The second kappa shape index (κ2) is 5.22. The Kier molecular flexibility index (Phi) is 3.66. The topological polar surface area (TPSA) is 55.6 Å². The lowest BCUT2D eigenvalue weighted by molar-refractivity contribution is 0.549. The number of hydrogen-bond donors (Lipinski definition) is 1. The molecule has 1 unspecified atom stereocenters. The highest BCUT2D eigenvalue weighted by molar-refractivity contribution is 5.36. The van der Waals surface area contributed by atoms with Gasteiger partial charge in [-0.2, -0.15) is 4.68 Å². The molecule has 18 heavy (non-hydrogen) atoms. The molecule has 1 atom stereocenters. The zero-order valence-electron chi connectivity index (χ0n) is 10.7. The van der Waals surface area contributed by atoms with E-state index in [1.54, 1.807) is 4.68 Å². The summed E-state index contributed by atoms with van der Waals surface area (Å²) in [5.41, 5.74) is 1.47. The van der Waals surface area contributed by atoms with Gasteiger partial charge >= 0.3 is 0 Å². The molecule has 2 rings (SSSR count). The lowest BCUT2D eigenvalue weighted by Gasteiger charge is -2.12. The molecule has 0 bridgehead atoms. The third kappa shape index (κ3) is 2.53. The van der Waals surface area contributed by atoms with E-state index >= 15 is 0 Å². The highest BCUT2D eigenvalue weighted by Gasteiger charge is 2.15. The summed E-state index contributed by atoms with van der Waals surface area (Å²) in [7, 11) is 0. The first-order valence-electron chi connectivity index (χ1n) is 5.91. The van der Waals surface area contributed by atoms with E-state index in [9.17, 15) is 4.39 Å². The maximum Gasteiger partial charge on any atom is 0.173 e. The van der Waals surface area contributed by atoms with Gasteiger partial charge in [0, 0.05) is 0 Å². The van der Waals surface area contributed by atoms with E-state index in [1.807, 2.05) is 26.8 Å². The van der Waals surface area contributed by atoms with E-state index < -0.39 is 0 Å². The maximum atomic E-state index is 13.4. The van der Waals surface area contributed by atoms with E-state index in [1.165, 1.54) is 12.1 Å². The van der Waals surface area contributed by atoms with Crippen molar-refractivity contribution in [2.75, 3.05) is 6.54 Å². The fourth-order valence-corrected chi connectivity index (χ4v) is 1.88. The van der Waals surface area contributed by atoms with Gasteiger partial charge in [0.2, 0.25) is 0 Å². The van der Waals surface area contributed by atoms with Gasteiger partial charge in [-0.15, -0.1) is 5.10 Å². The van der Waals surface area contributed by atoms with Crippen molar-refractivity contribution < 1.29 is 4.39 Å². The maximum absolute atomic E-state index is 13.4. The van der Waals surface area contributed by atoms with Crippen LogP contribution in [0.4, 0.5) is 4.39 Å². The first-order chi connectivity index (χ1) is 8.61. The SMILES string of the molecule is CCNC(C)c1nnnn1-c1cc(C)cc(F)c1. The molecule has 0 saturated carbocycles. The van der Waals surface area contributed by atoms with Gasteiger partial charge in [-0.05, 0) is 54.6 Å². The number of aromatic nitrogens is 4. The lowest BCUT2D eigenvalue weighted by atomic mass is 10.2. The van der Waals surface area contributed by atoms with Gasteiger partial charge in [0.1, 0.15) is 5.82 Å². The van der Waals surface area contributed by atoms with Crippen LogP contribution in [0.5, 0.6) is 0 Å². The molecule has 1 N–H and O–H groups in total. The molecular formula is C12H16FN5. The van der Waals surface area contributed by atoms with Crippen molar-refractivity contribution in [3.05, 3.63) is 35.4 Å². The predicted molar refractivity (Wildman–Crippen MR) is 65.9 cm³/mol. The van der Waals surface area contributed by atoms with Crippen LogP contribution in [0.3, 0.4) is 0 Å². The van der Waals surface area contributed by atoms with Crippen LogP contribution in [0.2, 0.25) is 0 Å². The molecule has 5 nitrogen and oxygen atoms in total. The molecule has 0 spiro atoms. The van der Waals surface area contributed by atoms with Gasteiger partial charge in [-0.1, -0.05) is 6.92 Å². The number of nitrogens with one attached hydrogen (secondary N) is 1. The number of tetrazole rings is 1. The van der Waals surface area contributed by atoms with Gasteiger partial charge in [-0.3, -0.25) is 0 Å². The fourth-order valence-electron chi connectivity index (χ4n) is 1.88. The average Bonchev–Trinajstić information content (AvgIpc) is 2.76. The second-order valence-electron chi connectivity index (χ2n) is 4.22. The Morgan fingerprint density at radius 1 is 1.39 bits per heavy atom. The van der Waals surface area contributed by atoms with Crippen LogP contribution in [0, 0.1) is 12.7 Å². The number of aryl methyl sites for hydroxylation is 1. The van der Waals surface area contributed by atoms with Crippen LogP contribution < -0.4 is 5.32 Å². The van der Waals surface area contributed by atoms with Crippen LogP contribution >= 0.6 is 0 Å². The molecule has 0 aliphatic rings. The van der Waals surface area contributed by atoms with Gasteiger partial charge in [-0.25, -0.2) is 4.39 Å². The van der Waals surface area contributed by atoms with E-state index in [0.717, 1.165) is 12.1 Å². The molecule has 96 valence electrons. The van der Waals surface area contributed by atoms with Crippen molar-refractivity contribution in [1.82, 2.24) is 25.5 Å². The summed E-state index contributed by atoms with van der Waals surface area (Å²) in [5.74, 6) is 0.379. The summed E-state index contributed by atoms with van der Waals surface area (Å²) in [4.78, 5) is 0. The lowest BCUT2D eigenvalue weighted by Crippen LogP contribution is -2.21. The van der Waals surface area contributed by atoms with E-state index in [-0.39, 0.29) is 11.9 Å². The van der Waals surface area contributed by atoms with Gasteiger partial charge in [0.15, 0.2) is 5.82 Å². The minimum absolute atomic E-state index is 0.00794. The van der Waals surface area contributed by atoms with Crippen LogP contribution in [0.25, 0.3) is 5.69 Å². The van der Waals surface area contributed by atoms with Gasteiger partial charge in [0.25, 0.3) is 0 Å². The number of halogens is 1. The normalized spacial score (nSPS) is 12.7. The molecule has 2 aromatic rings. The standard InChI is InChI=1S/C12H16FN5/c1-4-14-9(3)12-15-16-17-18(12)11-6-8(2)5-10(13)7-11/h5-7,9,14H,4H2,1-3H3. The smallest absolute Gasteiger partial charge is 0.173 e. The van der Waals surface area contributed by atoms with Crippen LogP contribution in [-0.4, -0.2) is 26.8 Å². The Balaban J connectivity index is 2.42. The molecule has 0 saturated heterocycles. The third-order valence-electron chi connectivity index (χ3n) is 2.66. The Morgan fingerprint density at radius 3 is 2.83 bits per heavy atom. The van der Waals surface area contributed by atoms with E-state index in [2.05, 4.69) is 20.8 Å². The zero-order valence-corrected chi connectivity index (χ0v) is 10.7. The van der Waals surface area contributed by atoms with Crippen molar-refractivity contribution in [1.29, 1.82) is 0 Å². The van der Waals surface area contributed by atoms with Gasteiger partial charge in [0.05, 0.1) is 11.7 Å². The first-order valence-corrected chi connectivity index (χ1v) is 5.91. The highest BCUT2D eigenvalue weighted by atomic mass is 19.1. The van der Waals surface area contributed by atoms with E-state index in [0.29, 0.717) is 11.5 Å². The third-order valence-corrected chi connectivity index (χ3v) is 2.66. The Labute approximate surface area is 105 Å².